The van der Waals surface area contributed by atoms with Crippen molar-refractivity contribution in [2.45, 2.75) is 25.0 Å². The minimum atomic E-state index is 0.0104. The van der Waals surface area contributed by atoms with Crippen molar-refractivity contribution in [2.24, 2.45) is 11.8 Å². The van der Waals surface area contributed by atoms with Crippen LogP contribution in [-0.2, 0) is 4.74 Å². The highest BCUT2D eigenvalue weighted by molar-refractivity contribution is 6.30. The number of hydrogen-bond acceptors (Lipinski definition) is 3. The molecular formula is C12H17ClN2O. The molecule has 0 radical (unpaired) electrons. The SMILES string of the molecule is COC(C1CC1)C(NN)c1cccc(Cl)c1. The quantitative estimate of drug-likeness (QED) is 0.613. The first kappa shape index (κ1) is 11.9. The van der Waals surface area contributed by atoms with Crippen LogP contribution in [0.3, 0.4) is 0 Å². The summed E-state index contributed by atoms with van der Waals surface area (Å²) in [6.07, 6.45) is 2.57. The predicted molar refractivity (Wildman–Crippen MR) is 65.0 cm³/mol. The standard InChI is InChI=1S/C12H17ClN2O/c1-16-12(8-5-6-8)11(15-14)9-3-2-4-10(13)7-9/h2-4,7-8,11-12,15H,5-6,14H2,1H3. The lowest BCUT2D eigenvalue weighted by molar-refractivity contribution is 0.0507. The highest BCUT2D eigenvalue weighted by atomic mass is 35.5. The van der Waals surface area contributed by atoms with E-state index in [0.29, 0.717) is 5.92 Å². The maximum absolute atomic E-state index is 5.98. The van der Waals surface area contributed by atoms with Crippen molar-refractivity contribution in [1.82, 2.24) is 5.43 Å². The Balaban J connectivity index is 2.20. The summed E-state index contributed by atoms with van der Waals surface area (Å²) in [5, 5.41) is 0.725. The van der Waals surface area contributed by atoms with Gasteiger partial charge >= 0.3 is 0 Å². The second-order valence-corrected chi connectivity index (χ2v) is 4.67. The number of hydrogen-bond donors (Lipinski definition) is 2. The van der Waals surface area contributed by atoms with Gasteiger partial charge in [0.1, 0.15) is 0 Å². The first-order chi connectivity index (χ1) is 7.76. The molecule has 1 saturated carbocycles. The Bertz CT molecular complexity index is 355. The molecular weight excluding hydrogens is 224 g/mol. The van der Waals surface area contributed by atoms with E-state index in [9.17, 15) is 0 Å². The Morgan fingerprint density at radius 3 is 2.75 bits per heavy atom. The van der Waals surface area contributed by atoms with E-state index in [-0.39, 0.29) is 12.1 Å². The number of halogens is 1. The molecule has 3 nitrogen and oxygen atoms in total. The lowest BCUT2D eigenvalue weighted by Crippen LogP contribution is -2.38. The van der Waals surface area contributed by atoms with Gasteiger partial charge in [-0.15, -0.1) is 0 Å². The van der Waals surface area contributed by atoms with Crippen LogP contribution in [0.25, 0.3) is 0 Å². The molecule has 2 unspecified atom stereocenters. The third-order valence-corrected chi connectivity index (χ3v) is 3.31. The van der Waals surface area contributed by atoms with Crippen LogP contribution in [0.5, 0.6) is 0 Å². The largest absolute Gasteiger partial charge is 0.379 e. The molecule has 88 valence electrons. The van der Waals surface area contributed by atoms with E-state index in [4.69, 9.17) is 22.2 Å². The summed E-state index contributed by atoms with van der Waals surface area (Å²) in [5.41, 5.74) is 3.91. The van der Waals surface area contributed by atoms with Crippen molar-refractivity contribution < 1.29 is 4.74 Å². The van der Waals surface area contributed by atoms with Crippen molar-refractivity contribution in [3.8, 4) is 0 Å². The minimum absolute atomic E-state index is 0.0104. The maximum Gasteiger partial charge on any atom is 0.0806 e. The molecule has 1 aromatic carbocycles. The van der Waals surface area contributed by atoms with Gasteiger partial charge in [-0.25, -0.2) is 0 Å². The number of hydrazine groups is 1. The lowest BCUT2D eigenvalue weighted by Gasteiger charge is -2.25. The van der Waals surface area contributed by atoms with Gasteiger partial charge in [0.05, 0.1) is 12.1 Å². The minimum Gasteiger partial charge on any atom is -0.379 e. The van der Waals surface area contributed by atoms with Crippen LogP contribution in [0.2, 0.25) is 5.02 Å². The summed E-state index contributed by atoms with van der Waals surface area (Å²) >= 11 is 5.98. The number of rotatable bonds is 5. The summed E-state index contributed by atoms with van der Waals surface area (Å²) < 4.78 is 5.54. The zero-order chi connectivity index (χ0) is 11.5. The van der Waals surface area contributed by atoms with E-state index in [0.717, 1.165) is 10.6 Å². The van der Waals surface area contributed by atoms with E-state index < -0.39 is 0 Å². The second-order valence-electron chi connectivity index (χ2n) is 4.24. The maximum atomic E-state index is 5.98. The fraction of sp³-hybridized carbons (Fsp3) is 0.500. The summed E-state index contributed by atoms with van der Waals surface area (Å²) in [7, 11) is 1.73. The van der Waals surface area contributed by atoms with Gasteiger partial charge in [-0.05, 0) is 36.5 Å². The van der Waals surface area contributed by atoms with Crippen LogP contribution >= 0.6 is 11.6 Å². The number of nitrogens with one attached hydrogen (secondary N) is 1. The molecule has 1 aliphatic carbocycles. The highest BCUT2D eigenvalue weighted by Crippen LogP contribution is 2.39. The predicted octanol–water partition coefficient (Wildman–Crippen LogP) is 2.27. The molecule has 0 heterocycles. The number of ether oxygens (including phenoxy) is 1. The molecule has 0 aromatic heterocycles. The number of nitrogens with two attached hydrogens (primary N) is 1. The second kappa shape index (κ2) is 5.15. The lowest BCUT2D eigenvalue weighted by atomic mass is 9.99. The van der Waals surface area contributed by atoms with Crippen molar-refractivity contribution in [3.05, 3.63) is 34.9 Å². The Morgan fingerprint density at radius 2 is 2.25 bits per heavy atom. The molecule has 2 rings (SSSR count). The third-order valence-electron chi connectivity index (χ3n) is 3.07. The highest BCUT2D eigenvalue weighted by Gasteiger charge is 2.37. The first-order valence-corrected chi connectivity index (χ1v) is 5.88. The molecule has 0 amide bonds. The van der Waals surface area contributed by atoms with E-state index in [1.165, 1.54) is 12.8 Å². The zero-order valence-electron chi connectivity index (χ0n) is 9.32. The fourth-order valence-electron chi connectivity index (χ4n) is 2.11. The molecule has 1 fully saturated rings. The van der Waals surface area contributed by atoms with Crippen molar-refractivity contribution in [3.63, 3.8) is 0 Å². The average Bonchev–Trinajstić information content (AvgIpc) is 3.09. The van der Waals surface area contributed by atoms with E-state index in [1.807, 2.05) is 24.3 Å². The first-order valence-electron chi connectivity index (χ1n) is 5.50. The topological polar surface area (TPSA) is 47.3 Å². The van der Waals surface area contributed by atoms with Crippen LogP contribution < -0.4 is 11.3 Å². The fourth-order valence-corrected chi connectivity index (χ4v) is 2.30. The Kier molecular flexibility index (Phi) is 3.82. The molecule has 0 spiro atoms. The van der Waals surface area contributed by atoms with Gasteiger partial charge < -0.3 is 4.74 Å². The molecule has 1 aliphatic rings. The van der Waals surface area contributed by atoms with Gasteiger partial charge in [0.25, 0.3) is 0 Å². The summed E-state index contributed by atoms with van der Waals surface area (Å²) in [6, 6.07) is 7.75. The molecule has 16 heavy (non-hydrogen) atoms. The number of methoxy groups -OCH3 is 1. The van der Waals surface area contributed by atoms with Crippen molar-refractivity contribution in [2.75, 3.05) is 7.11 Å². The van der Waals surface area contributed by atoms with E-state index >= 15 is 0 Å². The summed E-state index contributed by atoms with van der Waals surface area (Å²) in [4.78, 5) is 0. The van der Waals surface area contributed by atoms with Crippen LogP contribution in [0, 0.1) is 5.92 Å². The van der Waals surface area contributed by atoms with Crippen LogP contribution in [0.1, 0.15) is 24.4 Å². The van der Waals surface area contributed by atoms with Crippen LogP contribution in [0.4, 0.5) is 0 Å². The smallest absolute Gasteiger partial charge is 0.0806 e. The molecule has 2 atom stereocenters. The monoisotopic (exact) mass is 240 g/mol. The molecule has 0 aliphatic heterocycles. The third kappa shape index (κ3) is 2.55. The molecule has 0 saturated heterocycles. The van der Waals surface area contributed by atoms with E-state index in [2.05, 4.69) is 5.43 Å². The van der Waals surface area contributed by atoms with Gasteiger partial charge in [-0.3, -0.25) is 11.3 Å². The summed E-state index contributed by atoms with van der Waals surface area (Å²) in [5.74, 6) is 6.24. The van der Waals surface area contributed by atoms with Crippen molar-refractivity contribution in [1.29, 1.82) is 0 Å². The van der Waals surface area contributed by atoms with Gasteiger partial charge in [0.2, 0.25) is 0 Å². The van der Waals surface area contributed by atoms with Gasteiger partial charge in [-0.2, -0.15) is 0 Å². The molecule has 4 heteroatoms. The Morgan fingerprint density at radius 1 is 1.50 bits per heavy atom. The Labute approximate surface area is 101 Å². The van der Waals surface area contributed by atoms with Gasteiger partial charge in [-0.1, -0.05) is 23.7 Å². The zero-order valence-corrected chi connectivity index (χ0v) is 10.1. The normalized spacial score (nSPS) is 19.4. The molecule has 1 aromatic rings. The number of benzene rings is 1. The van der Waals surface area contributed by atoms with Crippen LogP contribution in [0.15, 0.2) is 24.3 Å². The molecule has 0 bridgehead atoms. The van der Waals surface area contributed by atoms with Gasteiger partial charge in [0.15, 0.2) is 0 Å². The van der Waals surface area contributed by atoms with E-state index in [1.54, 1.807) is 7.11 Å². The molecule has 3 N–H and O–H groups in total. The summed E-state index contributed by atoms with van der Waals surface area (Å²) in [6.45, 7) is 0. The van der Waals surface area contributed by atoms with Crippen molar-refractivity contribution >= 4 is 11.6 Å². The van der Waals surface area contributed by atoms with Gasteiger partial charge in [0, 0.05) is 12.1 Å². The van der Waals surface area contributed by atoms with Crippen LogP contribution in [-0.4, -0.2) is 13.2 Å². The Hall–Kier alpha value is -0.610. The average molecular weight is 241 g/mol.